The Bertz CT molecular complexity index is 388. The lowest BCUT2D eigenvalue weighted by Crippen LogP contribution is -2.61. The molecule has 0 amide bonds. The molecule has 0 saturated heterocycles. The van der Waals surface area contributed by atoms with Gasteiger partial charge in [0.15, 0.2) is 0 Å². The molecule has 1 aromatic rings. The third-order valence-corrected chi connectivity index (χ3v) is 4.74. The van der Waals surface area contributed by atoms with E-state index in [1.807, 2.05) is 0 Å². The summed E-state index contributed by atoms with van der Waals surface area (Å²) < 4.78 is 0. The number of hydrogen-bond donors (Lipinski definition) is 1. The maximum atomic E-state index is 6.06. The average Bonchev–Trinajstić information content (AvgIpc) is 2.28. The molecule has 0 bridgehead atoms. The van der Waals surface area contributed by atoms with Gasteiger partial charge in [0.25, 0.3) is 0 Å². The van der Waals surface area contributed by atoms with Crippen LogP contribution in [0.3, 0.4) is 0 Å². The highest BCUT2D eigenvalue weighted by Crippen LogP contribution is 2.46. The third-order valence-electron chi connectivity index (χ3n) is 4.74. The van der Waals surface area contributed by atoms with Crippen molar-refractivity contribution in [2.45, 2.75) is 39.2 Å². The summed E-state index contributed by atoms with van der Waals surface area (Å²) in [5.41, 5.74) is 8.84. The van der Waals surface area contributed by atoms with Crippen molar-refractivity contribution in [3.05, 3.63) is 29.8 Å². The van der Waals surface area contributed by atoms with E-state index in [1.165, 1.54) is 24.1 Å². The smallest absolute Gasteiger partial charge is 0.0526 e. The second-order valence-corrected chi connectivity index (χ2v) is 6.24. The maximum absolute atomic E-state index is 6.06. The fourth-order valence-electron chi connectivity index (χ4n) is 3.01. The summed E-state index contributed by atoms with van der Waals surface area (Å²) in [6.45, 7) is 7.51. The maximum Gasteiger partial charge on any atom is 0.0526 e. The van der Waals surface area contributed by atoms with Crippen LogP contribution in [0.1, 0.15) is 32.3 Å². The van der Waals surface area contributed by atoms with Crippen LogP contribution in [0.15, 0.2) is 24.3 Å². The van der Waals surface area contributed by atoms with Crippen LogP contribution in [0.25, 0.3) is 0 Å². The topological polar surface area (TPSA) is 29.3 Å². The van der Waals surface area contributed by atoms with Crippen LogP contribution in [0.5, 0.6) is 0 Å². The van der Waals surface area contributed by atoms with Gasteiger partial charge in [-0.2, -0.15) is 0 Å². The summed E-state index contributed by atoms with van der Waals surface area (Å²) in [7, 11) is 2.19. The van der Waals surface area contributed by atoms with Gasteiger partial charge in [0.05, 0.1) is 5.54 Å². The lowest BCUT2D eigenvalue weighted by Gasteiger charge is -2.55. The van der Waals surface area contributed by atoms with E-state index in [2.05, 4.69) is 57.0 Å². The number of aryl methyl sites for hydroxylation is 1. The Labute approximate surface area is 111 Å². The summed E-state index contributed by atoms with van der Waals surface area (Å²) in [5.74, 6) is 1.61. The second kappa shape index (κ2) is 4.93. The minimum atomic E-state index is 0.185. The van der Waals surface area contributed by atoms with Crippen molar-refractivity contribution in [3.8, 4) is 0 Å². The molecule has 1 aliphatic rings. The molecule has 1 aliphatic carbocycles. The number of hydrogen-bond acceptors (Lipinski definition) is 2. The van der Waals surface area contributed by atoms with Crippen molar-refractivity contribution in [2.75, 3.05) is 18.5 Å². The Morgan fingerprint density at radius 2 is 1.83 bits per heavy atom. The molecule has 2 rings (SSSR count). The number of nitrogens with zero attached hydrogens (tertiary/aromatic N) is 1. The van der Waals surface area contributed by atoms with Crippen LogP contribution in [-0.2, 0) is 0 Å². The molecular formula is C16H26N2. The van der Waals surface area contributed by atoms with Gasteiger partial charge in [-0.25, -0.2) is 0 Å². The third kappa shape index (κ3) is 2.26. The Kier molecular flexibility index (Phi) is 3.67. The lowest BCUT2D eigenvalue weighted by molar-refractivity contribution is 0.107. The van der Waals surface area contributed by atoms with Crippen molar-refractivity contribution in [2.24, 2.45) is 17.6 Å². The highest BCUT2D eigenvalue weighted by Gasteiger charge is 2.47. The number of benzene rings is 1. The van der Waals surface area contributed by atoms with Crippen LogP contribution in [0, 0.1) is 18.8 Å². The zero-order valence-corrected chi connectivity index (χ0v) is 12.1. The summed E-state index contributed by atoms with van der Waals surface area (Å²) in [4.78, 5) is 2.39. The molecular weight excluding hydrogens is 220 g/mol. The van der Waals surface area contributed by atoms with E-state index >= 15 is 0 Å². The molecule has 0 aliphatic heterocycles. The first-order valence-electron chi connectivity index (χ1n) is 6.99. The van der Waals surface area contributed by atoms with Crippen LogP contribution in [0.2, 0.25) is 0 Å². The van der Waals surface area contributed by atoms with Gasteiger partial charge in [-0.15, -0.1) is 0 Å². The Hall–Kier alpha value is -1.02. The fraction of sp³-hybridized carbons (Fsp3) is 0.625. The molecule has 100 valence electrons. The predicted molar refractivity (Wildman–Crippen MR) is 78.9 cm³/mol. The SMILES string of the molecule is Cc1ccc(N(C)C2(CN)CC(C(C)C)C2)cc1. The minimum Gasteiger partial charge on any atom is -0.368 e. The normalized spacial score (nSPS) is 27.1. The lowest BCUT2D eigenvalue weighted by atomic mass is 9.63. The number of rotatable bonds is 4. The van der Waals surface area contributed by atoms with Crippen molar-refractivity contribution in [3.63, 3.8) is 0 Å². The number of likely N-dealkylation sites (N-methyl/N-ethyl adjacent to an activating group) is 1. The van der Waals surface area contributed by atoms with Crippen LogP contribution >= 0.6 is 0 Å². The molecule has 0 atom stereocenters. The van der Waals surface area contributed by atoms with E-state index in [0.717, 1.165) is 18.4 Å². The van der Waals surface area contributed by atoms with Gasteiger partial charge in [-0.3, -0.25) is 0 Å². The van der Waals surface area contributed by atoms with E-state index in [1.54, 1.807) is 0 Å². The first-order valence-corrected chi connectivity index (χ1v) is 6.99. The summed E-state index contributed by atoms with van der Waals surface area (Å²) in [5, 5.41) is 0. The highest BCUT2D eigenvalue weighted by molar-refractivity contribution is 5.50. The molecule has 2 heteroatoms. The molecule has 0 aromatic heterocycles. The van der Waals surface area contributed by atoms with Gasteiger partial charge in [-0.05, 0) is 43.7 Å². The molecule has 2 nitrogen and oxygen atoms in total. The Balaban J connectivity index is 2.12. The van der Waals surface area contributed by atoms with E-state index in [9.17, 15) is 0 Å². The van der Waals surface area contributed by atoms with Crippen LogP contribution in [0.4, 0.5) is 5.69 Å². The predicted octanol–water partition coefficient (Wildman–Crippen LogP) is 3.19. The standard InChI is InChI=1S/C16H26N2/c1-12(2)14-9-16(10-14,11-17)18(4)15-7-5-13(3)6-8-15/h5-8,12,14H,9-11,17H2,1-4H3. The fourth-order valence-corrected chi connectivity index (χ4v) is 3.01. The van der Waals surface area contributed by atoms with E-state index < -0.39 is 0 Å². The zero-order valence-electron chi connectivity index (χ0n) is 12.1. The molecule has 2 N–H and O–H groups in total. The van der Waals surface area contributed by atoms with Gasteiger partial charge in [-0.1, -0.05) is 31.5 Å². The second-order valence-electron chi connectivity index (χ2n) is 6.24. The summed E-state index contributed by atoms with van der Waals surface area (Å²) in [6.07, 6.45) is 2.46. The monoisotopic (exact) mass is 246 g/mol. The minimum absolute atomic E-state index is 0.185. The van der Waals surface area contributed by atoms with Crippen molar-refractivity contribution in [1.29, 1.82) is 0 Å². The van der Waals surface area contributed by atoms with Gasteiger partial charge in [0.2, 0.25) is 0 Å². The first-order chi connectivity index (χ1) is 8.48. The summed E-state index contributed by atoms with van der Waals surface area (Å²) in [6, 6.07) is 8.76. The van der Waals surface area contributed by atoms with Gasteiger partial charge >= 0.3 is 0 Å². The molecule has 1 fully saturated rings. The van der Waals surface area contributed by atoms with Crippen molar-refractivity contribution >= 4 is 5.69 Å². The largest absolute Gasteiger partial charge is 0.368 e. The van der Waals surface area contributed by atoms with Crippen LogP contribution < -0.4 is 10.6 Å². The highest BCUT2D eigenvalue weighted by atomic mass is 15.2. The molecule has 18 heavy (non-hydrogen) atoms. The molecule has 1 saturated carbocycles. The van der Waals surface area contributed by atoms with Gasteiger partial charge < -0.3 is 10.6 Å². The van der Waals surface area contributed by atoms with Gasteiger partial charge in [0, 0.05) is 19.3 Å². The number of anilines is 1. The molecule has 0 unspecified atom stereocenters. The quantitative estimate of drug-likeness (QED) is 0.884. The molecule has 0 spiro atoms. The zero-order chi connectivity index (χ0) is 13.3. The average molecular weight is 246 g/mol. The Morgan fingerprint density at radius 1 is 1.28 bits per heavy atom. The molecule has 0 radical (unpaired) electrons. The summed E-state index contributed by atoms with van der Waals surface area (Å²) >= 11 is 0. The van der Waals surface area contributed by atoms with E-state index in [0.29, 0.717) is 0 Å². The number of nitrogens with two attached hydrogens (primary N) is 1. The van der Waals surface area contributed by atoms with Crippen molar-refractivity contribution in [1.82, 2.24) is 0 Å². The van der Waals surface area contributed by atoms with Crippen LogP contribution in [-0.4, -0.2) is 19.1 Å². The Morgan fingerprint density at radius 3 is 2.28 bits per heavy atom. The van der Waals surface area contributed by atoms with Gasteiger partial charge in [0.1, 0.15) is 0 Å². The van der Waals surface area contributed by atoms with E-state index in [4.69, 9.17) is 5.73 Å². The molecule has 0 heterocycles. The molecule has 1 aromatic carbocycles. The van der Waals surface area contributed by atoms with E-state index in [-0.39, 0.29) is 5.54 Å². The first kappa shape index (κ1) is 13.4. The van der Waals surface area contributed by atoms with Crippen molar-refractivity contribution < 1.29 is 0 Å².